The number of nitrogens with one attached hydrogen (secondary N) is 2. The van der Waals surface area contributed by atoms with E-state index in [2.05, 4.69) is 20.5 Å². The Bertz CT molecular complexity index is 1310. The molecule has 1 aliphatic heterocycles. The summed E-state index contributed by atoms with van der Waals surface area (Å²) in [6.07, 6.45) is -0.351. The summed E-state index contributed by atoms with van der Waals surface area (Å²) in [4.78, 5) is 31.3. The number of hydrogen-bond donors (Lipinski definition) is 2. The number of rotatable bonds is 10. The van der Waals surface area contributed by atoms with Crippen LogP contribution in [-0.4, -0.2) is 47.9 Å². The Kier molecular flexibility index (Phi) is 9.42. The Hall–Kier alpha value is -3.63. The van der Waals surface area contributed by atoms with Gasteiger partial charge in [-0.1, -0.05) is 23.7 Å². The topological polar surface area (TPSA) is 83.6 Å². The first-order valence-corrected chi connectivity index (χ1v) is 13.0. The van der Waals surface area contributed by atoms with Crippen LogP contribution < -0.4 is 15.4 Å². The van der Waals surface area contributed by atoms with E-state index in [0.717, 1.165) is 37.3 Å². The normalized spacial score (nSPS) is 13.7. The minimum Gasteiger partial charge on any atom is -0.457 e. The minimum absolute atomic E-state index is 0.0161. The van der Waals surface area contributed by atoms with Gasteiger partial charge in [0.15, 0.2) is 0 Å². The van der Waals surface area contributed by atoms with E-state index >= 15 is 0 Å². The number of halogens is 4. The van der Waals surface area contributed by atoms with Gasteiger partial charge in [0, 0.05) is 37.5 Å². The van der Waals surface area contributed by atoms with Crippen LogP contribution >= 0.6 is 11.6 Å². The number of carbonyl (C=O) groups excluding carboxylic acids is 2. The summed E-state index contributed by atoms with van der Waals surface area (Å²) < 4.78 is 45.1. The van der Waals surface area contributed by atoms with E-state index in [9.17, 15) is 22.8 Å². The number of pyridine rings is 1. The molecule has 1 saturated heterocycles. The molecule has 2 N–H and O–H groups in total. The van der Waals surface area contributed by atoms with Gasteiger partial charge in [-0.25, -0.2) is 0 Å². The van der Waals surface area contributed by atoms with E-state index in [4.69, 9.17) is 16.3 Å². The van der Waals surface area contributed by atoms with Crippen LogP contribution in [0.5, 0.6) is 11.5 Å². The lowest BCUT2D eigenvalue weighted by molar-refractivity contribution is -0.137. The molecule has 0 spiro atoms. The smallest absolute Gasteiger partial charge is 0.417 e. The van der Waals surface area contributed by atoms with Gasteiger partial charge in [-0.15, -0.1) is 0 Å². The number of aryl methyl sites for hydroxylation is 1. The summed E-state index contributed by atoms with van der Waals surface area (Å²) in [6.45, 7) is 3.47. The molecule has 4 rings (SSSR count). The number of amides is 2. The molecule has 7 nitrogen and oxygen atoms in total. The van der Waals surface area contributed by atoms with Crippen molar-refractivity contribution in [3.8, 4) is 11.5 Å². The molecule has 0 aliphatic carbocycles. The molecule has 0 atom stereocenters. The van der Waals surface area contributed by atoms with Crippen LogP contribution in [0.1, 0.15) is 40.9 Å². The minimum atomic E-state index is -4.62. The predicted octanol–water partition coefficient (Wildman–Crippen LogP) is 5.94. The number of nitrogens with zero attached hydrogens (tertiary/aromatic N) is 2. The maximum atomic E-state index is 13.1. The van der Waals surface area contributed by atoms with Crippen LogP contribution in [0.25, 0.3) is 0 Å². The van der Waals surface area contributed by atoms with Crippen molar-refractivity contribution in [2.45, 2.75) is 31.9 Å². The van der Waals surface area contributed by atoms with Gasteiger partial charge in [-0.05, 0) is 74.3 Å². The number of carbonyl (C=O) groups is 2. The average Bonchev–Trinajstić information content (AvgIpc) is 3.42. The zero-order valence-corrected chi connectivity index (χ0v) is 21.8. The zero-order valence-electron chi connectivity index (χ0n) is 21.1. The fourth-order valence-electron chi connectivity index (χ4n) is 4.23. The first-order valence-electron chi connectivity index (χ1n) is 12.6. The van der Waals surface area contributed by atoms with Crippen molar-refractivity contribution in [1.82, 2.24) is 15.2 Å². The maximum absolute atomic E-state index is 13.1. The highest BCUT2D eigenvalue weighted by Gasteiger charge is 2.33. The van der Waals surface area contributed by atoms with Crippen LogP contribution in [-0.2, 0) is 17.4 Å². The van der Waals surface area contributed by atoms with E-state index in [-0.39, 0.29) is 23.7 Å². The van der Waals surface area contributed by atoms with Gasteiger partial charge in [0.05, 0.1) is 10.6 Å². The van der Waals surface area contributed by atoms with E-state index in [1.165, 1.54) is 25.1 Å². The summed E-state index contributed by atoms with van der Waals surface area (Å²) in [5.41, 5.74) is 0.0503. The van der Waals surface area contributed by atoms with E-state index in [1.807, 2.05) is 6.07 Å². The largest absolute Gasteiger partial charge is 0.457 e. The number of alkyl halides is 3. The van der Waals surface area contributed by atoms with Gasteiger partial charge >= 0.3 is 6.18 Å². The molecule has 2 aromatic carbocycles. The molecule has 3 aromatic rings. The highest BCUT2D eigenvalue weighted by atomic mass is 35.5. The van der Waals surface area contributed by atoms with Crippen LogP contribution in [0.4, 0.5) is 18.9 Å². The molecule has 2 heterocycles. The van der Waals surface area contributed by atoms with Crippen LogP contribution in [0, 0.1) is 0 Å². The predicted molar refractivity (Wildman–Crippen MR) is 142 cm³/mol. The first kappa shape index (κ1) is 28.4. The van der Waals surface area contributed by atoms with Gasteiger partial charge in [-0.2, -0.15) is 13.2 Å². The van der Waals surface area contributed by atoms with Gasteiger partial charge in [0.25, 0.3) is 5.91 Å². The SMILES string of the molecule is O=C(CCc1cccc(Oc2ccnc(C(=O)NCCN3CCCC3)c2)c1)Nc1ccc(Cl)c(C(F)(F)F)c1. The Morgan fingerprint density at radius 3 is 2.56 bits per heavy atom. The molecule has 1 fully saturated rings. The summed E-state index contributed by atoms with van der Waals surface area (Å²) >= 11 is 5.63. The second kappa shape index (κ2) is 12.9. The number of aromatic nitrogens is 1. The standard InChI is InChI=1S/C28H28ClF3N4O3/c29-24-8-7-20(17-23(24)28(30,31)32)35-26(37)9-6-19-4-3-5-21(16-19)39-22-10-11-33-25(18-22)27(38)34-12-15-36-13-1-2-14-36/h3-5,7-8,10-11,16-18H,1-2,6,9,12-15H2,(H,34,38)(H,35,37). The van der Waals surface area contributed by atoms with Crippen LogP contribution in [0.2, 0.25) is 5.02 Å². The number of anilines is 1. The fourth-order valence-corrected chi connectivity index (χ4v) is 4.45. The number of ether oxygens (including phenoxy) is 1. The van der Waals surface area contributed by atoms with E-state index in [1.54, 1.807) is 30.3 Å². The third kappa shape index (κ3) is 8.43. The first-order chi connectivity index (χ1) is 18.7. The monoisotopic (exact) mass is 560 g/mol. The third-order valence-corrected chi connectivity index (χ3v) is 6.54. The molecule has 2 amide bonds. The van der Waals surface area contributed by atoms with Gasteiger partial charge in [-0.3, -0.25) is 14.6 Å². The maximum Gasteiger partial charge on any atom is 0.417 e. The number of likely N-dealkylation sites (tertiary alicyclic amines) is 1. The third-order valence-electron chi connectivity index (χ3n) is 6.21. The molecule has 39 heavy (non-hydrogen) atoms. The number of hydrogen-bond acceptors (Lipinski definition) is 5. The molecule has 11 heteroatoms. The van der Waals surface area contributed by atoms with Gasteiger partial charge < -0.3 is 20.3 Å². The second-order valence-corrected chi connectivity index (χ2v) is 9.58. The quantitative estimate of drug-likeness (QED) is 0.320. The van der Waals surface area contributed by atoms with E-state index in [0.29, 0.717) is 24.5 Å². The van der Waals surface area contributed by atoms with Crippen molar-refractivity contribution in [2.24, 2.45) is 0 Å². The Labute approximate surface area is 229 Å². The molecular weight excluding hydrogens is 533 g/mol. The summed E-state index contributed by atoms with van der Waals surface area (Å²) in [5.74, 6) is 0.230. The highest BCUT2D eigenvalue weighted by Crippen LogP contribution is 2.36. The Morgan fingerprint density at radius 2 is 1.79 bits per heavy atom. The molecule has 1 aliphatic rings. The second-order valence-electron chi connectivity index (χ2n) is 9.17. The van der Waals surface area contributed by atoms with Crippen molar-refractivity contribution >= 4 is 29.1 Å². The highest BCUT2D eigenvalue weighted by molar-refractivity contribution is 6.31. The van der Waals surface area contributed by atoms with Gasteiger partial charge in [0.1, 0.15) is 17.2 Å². The lowest BCUT2D eigenvalue weighted by Crippen LogP contribution is -2.33. The molecule has 0 radical (unpaired) electrons. The van der Waals surface area contributed by atoms with Crippen molar-refractivity contribution in [2.75, 3.05) is 31.5 Å². The van der Waals surface area contributed by atoms with Crippen LogP contribution in [0.15, 0.2) is 60.8 Å². The molecule has 1 aromatic heterocycles. The molecule has 0 unspecified atom stereocenters. The summed E-state index contributed by atoms with van der Waals surface area (Å²) in [7, 11) is 0. The lowest BCUT2D eigenvalue weighted by atomic mass is 10.1. The zero-order chi connectivity index (χ0) is 27.8. The summed E-state index contributed by atoms with van der Waals surface area (Å²) in [6, 6.07) is 13.5. The lowest BCUT2D eigenvalue weighted by Gasteiger charge is -2.14. The molecule has 0 saturated carbocycles. The fraction of sp³-hybridized carbons (Fsp3) is 0.321. The van der Waals surface area contributed by atoms with Crippen molar-refractivity contribution < 1.29 is 27.5 Å². The van der Waals surface area contributed by atoms with Crippen molar-refractivity contribution in [1.29, 1.82) is 0 Å². The van der Waals surface area contributed by atoms with Gasteiger partial charge in [0.2, 0.25) is 5.91 Å². The van der Waals surface area contributed by atoms with Crippen molar-refractivity contribution in [3.05, 3.63) is 82.6 Å². The van der Waals surface area contributed by atoms with Crippen molar-refractivity contribution in [3.63, 3.8) is 0 Å². The average molecular weight is 561 g/mol. The number of benzene rings is 2. The summed E-state index contributed by atoms with van der Waals surface area (Å²) in [5, 5.41) is 4.93. The molecule has 0 bridgehead atoms. The Balaban J connectivity index is 1.29. The molecular formula is C28H28ClF3N4O3. The van der Waals surface area contributed by atoms with E-state index < -0.39 is 22.7 Å². The molecule has 206 valence electrons. The Morgan fingerprint density at radius 1 is 1.03 bits per heavy atom. The van der Waals surface area contributed by atoms with Crippen LogP contribution in [0.3, 0.4) is 0 Å².